The third-order valence-corrected chi connectivity index (χ3v) is 4.28. The van der Waals surface area contributed by atoms with Gasteiger partial charge in [-0.2, -0.15) is 0 Å². The number of hydrogen-bond donors (Lipinski definition) is 2. The Morgan fingerprint density at radius 3 is 2.54 bits per heavy atom. The summed E-state index contributed by atoms with van der Waals surface area (Å²) in [6.07, 6.45) is 5.12. The van der Waals surface area contributed by atoms with Crippen molar-refractivity contribution < 1.29 is 24.3 Å². The molecule has 2 N–H and O–H groups in total. The molecule has 1 aromatic rings. The van der Waals surface area contributed by atoms with Crippen LogP contribution in [0.15, 0.2) is 29.8 Å². The van der Waals surface area contributed by atoms with Gasteiger partial charge in [0.1, 0.15) is 5.75 Å². The number of carbonyl (C=O) groups is 3. The first-order valence-electron chi connectivity index (χ1n) is 8.67. The molecule has 0 saturated carbocycles. The summed E-state index contributed by atoms with van der Waals surface area (Å²) in [5, 5.41) is 8.40. The number of amides is 3. The molecule has 3 amide bonds. The highest BCUT2D eigenvalue weighted by molar-refractivity contribution is 6.15. The maximum absolute atomic E-state index is 12.4. The third-order valence-electron chi connectivity index (χ3n) is 4.28. The van der Waals surface area contributed by atoms with E-state index >= 15 is 0 Å². The van der Waals surface area contributed by atoms with Gasteiger partial charge in [-0.25, -0.2) is 5.48 Å². The molecule has 26 heavy (non-hydrogen) atoms. The number of nitrogens with zero attached hydrogens (tertiary/aromatic N) is 1. The standard InChI is InChI=1S/C19H24N2O5/c1-26-16-9-7-14(8-10-16)12-15-13-18(23)21(19(15)24)11-5-3-2-4-6-17(22)20-25/h7-10,12,25H,2-6,11,13H2,1H3,(H,20,22)/b15-12+. The largest absolute Gasteiger partial charge is 0.497 e. The van der Waals surface area contributed by atoms with Crippen LogP contribution in [0.25, 0.3) is 6.08 Å². The number of likely N-dealkylation sites (tertiary alicyclic amines) is 1. The van der Waals surface area contributed by atoms with Crippen LogP contribution in [0.4, 0.5) is 0 Å². The SMILES string of the molecule is COc1ccc(/C=C2\CC(=O)N(CCCCCCC(=O)NO)C2=O)cc1. The molecule has 0 unspecified atom stereocenters. The summed E-state index contributed by atoms with van der Waals surface area (Å²) < 4.78 is 5.10. The monoisotopic (exact) mass is 360 g/mol. The van der Waals surface area contributed by atoms with Gasteiger partial charge in [-0.1, -0.05) is 25.0 Å². The van der Waals surface area contributed by atoms with Crippen LogP contribution in [0, 0.1) is 0 Å². The molecule has 1 aromatic carbocycles. The van der Waals surface area contributed by atoms with Gasteiger partial charge >= 0.3 is 0 Å². The van der Waals surface area contributed by atoms with E-state index < -0.39 is 5.91 Å². The average molecular weight is 360 g/mol. The second kappa shape index (κ2) is 9.72. The lowest BCUT2D eigenvalue weighted by Crippen LogP contribution is -2.30. The molecule has 7 nitrogen and oxygen atoms in total. The van der Waals surface area contributed by atoms with Crippen LogP contribution in [-0.4, -0.2) is 41.5 Å². The van der Waals surface area contributed by atoms with Crippen LogP contribution in [0.5, 0.6) is 5.75 Å². The van der Waals surface area contributed by atoms with E-state index in [-0.39, 0.29) is 24.7 Å². The van der Waals surface area contributed by atoms with Gasteiger partial charge in [-0.15, -0.1) is 0 Å². The fraction of sp³-hybridized carbons (Fsp3) is 0.421. The zero-order valence-electron chi connectivity index (χ0n) is 14.9. The molecule has 7 heteroatoms. The van der Waals surface area contributed by atoms with Crippen molar-refractivity contribution in [1.29, 1.82) is 0 Å². The Balaban J connectivity index is 1.82. The van der Waals surface area contributed by atoms with Crippen LogP contribution < -0.4 is 10.2 Å². The van der Waals surface area contributed by atoms with Crippen molar-refractivity contribution in [2.24, 2.45) is 0 Å². The van der Waals surface area contributed by atoms with E-state index in [4.69, 9.17) is 9.94 Å². The lowest BCUT2D eigenvalue weighted by molar-refractivity contribution is -0.137. The number of unbranched alkanes of at least 4 members (excludes halogenated alkanes) is 3. The van der Waals surface area contributed by atoms with Crippen LogP contribution in [0.3, 0.4) is 0 Å². The average Bonchev–Trinajstić information content (AvgIpc) is 2.91. The number of methoxy groups -OCH3 is 1. The van der Waals surface area contributed by atoms with Crippen LogP contribution in [0.1, 0.15) is 44.1 Å². The second-order valence-electron chi connectivity index (χ2n) is 6.17. The lowest BCUT2D eigenvalue weighted by Gasteiger charge is -2.13. The molecule has 0 spiro atoms. The Morgan fingerprint density at radius 1 is 1.19 bits per heavy atom. The van der Waals surface area contributed by atoms with Gasteiger partial charge in [0.25, 0.3) is 5.91 Å². The highest BCUT2D eigenvalue weighted by Crippen LogP contribution is 2.23. The Labute approximate surface area is 152 Å². The van der Waals surface area contributed by atoms with E-state index in [1.54, 1.807) is 18.7 Å². The fourth-order valence-electron chi connectivity index (χ4n) is 2.83. The fourth-order valence-corrected chi connectivity index (χ4v) is 2.83. The number of benzene rings is 1. The highest BCUT2D eigenvalue weighted by Gasteiger charge is 2.32. The van der Waals surface area contributed by atoms with Crippen molar-refractivity contribution in [3.63, 3.8) is 0 Å². The molecule has 0 aromatic heterocycles. The highest BCUT2D eigenvalue weighted by atomic mass is 16.5. The van der Waals surface area contributed by atoms with E-state index in [1.165, 1.54) is 4.90 Å². The molecular formula is C19H24N2O5. The van der Waals surface area contributed by atoms with E-state index in [0.29, 0.717) is 25.0 Å². The Bertz CT molecular complexity index is 682. The predicted molar refractivity (Wildman–Crippen MR) is 95.3 cm³/mol. The van der Waals surface area contributed by atoms with Crippen LogP contribution >= 0.6 is 0 Å². The summed E-state index contributed by atoms with van der Waals surface area (Å²) in [6, 6.07) is 7.30. The summed E-state index contributed by atoms with van der Waals surface area (Å²) in [4.78, 5) is 36.7. The number of hydroxylamine groups is 1. The minimum Gasteiger partial charge on any atom is -0.497 e. The normalized spacial score (nSPS) is 15.6. The van der Waals surface area contributed by atoms with E-state index in [9.17, 15) is 14.4 Å². The quantitative estimate of drug-likeness (QED) is 0.232. The molecule has 140 valence electrons. The van der Waals surface area contributed by atoms with E-state index in [0.717, 1.165) is 24.2 Å². The van der Waals surface area contributed by atoms with Crippen LogP contribution in [-0.2, 0) is 14.4 Å². The van der Waals surface area contributed by atoms with Crippen molar-refractivity contribution in [2.45, 2.75) is 38.5 Å². The maximum Gasteiger partial charge on any atom is 0.256 e. The molecular weight excluding hydrogens is 336 g/mol. The number of nitrogens with one attached hydrogen (secondary N) is 1. The van der Waals surface area contributed by atoms with Gasteiger partial charge in [0.05, 0.1) is 13.5 Å². The first-order valence-corrected chi connectivity index (χ1v) is 8.67. The first-order chi connectivity index (χ1) is 12.5. The molecule has 1 aliphatic rings. The minimum atomic E-state index is -0.400. The number of hydrogen-bond acceptors (Lipinski definition) is 5. The molecule has 1 heterocycles. The van der Waals surface area contributed by atoms with Crippen molar-refractivity contribution in [3.05, 3.63) is 35.4 Å². The van der Waals surface area contributed by atoms with E-state index in [2.05, 4.69) is 0 Å². The van der Waals surface area contributed by atoms with Gasteiger partial charge in [0.15, 0.2) is 0 Å². The topological polar surface area (TPSA) is 95.9 Å². The Hall–Kier alpha value is -2.67. The van der Waals surface area contributed by atoms with Crippen molar-refractivity contribution in [2.75, 3.05) is 13.7 Å². The number of carbonyl (C=O) groups excluding carboxylic acids is 3. The van der Waals surface area contributed by atoms with Gasteiger partial charge in [0, 0.05) is 18.5 Å². The summed E-state index contributed by atoms with van der Waals surface area (Å²) in [5.74, 6) is -0.0674. The lowest BCUT2D eigenvalue weighted by atomic mass is 10.1. The summed E-state index contributed by atoms with van der Waals surface area (Å²) >= 11 is 0. The molecule has 0 aliphatic carbocycles. The van der Waals surface area contributed by atoms with Crippen LogP contribution in [0.2, 0.25) is 0 Å². The first kappa shape index (κ1) is 19.7. The molecule has 0 atom stereocenters. The van der Waals surface area contributed by atoms with Crippen molar-refractivity contribution in [1.82, 2.24) is 10.4 Å². The molecule has 0 bridgehead atoms. The van der Waals surface area contributed by atoms with Gasteiger partial charge < -0.3 is 4.74 Å². The smallest absolute Gasteiger partial charge is 0.256 e. The number of ether oxygens (including phenoxy) is 1. The summed E-state index contributed by atoms with van der Waals surface area (Å²) in [7, 11) is 1.59. The molecule has 1 saturated heterocycles. The zero-order valence-corrected chi connectivity index (χ0v) is 14.9. The Morgan fingerprint density at radius 2 is 1.88 bits per heavy atom. The number of imide groups is 1. The summed E-state index contributed by atoms with van der Waals surface area (Å²) in [5.41, 5.74) is 2.95. The molecule has 1 aliphatic heterocycles. The molecule has 1 fully saturated rings. The minimum absolute atomic E-state index is 0.127. The second-order valence-corrected chi connectivity index (χ2v) is 6.17. The van der Waals surface area contributed by atoms with Crippen molar-refractivity contribution >= 4 is 23.8 Å². The van der Waals surface area contributed by atoms with Gasteiger partial charge in [-0.05, 0) is 36.6 Å². The predicted octanol–water partition coefficient (Wildman–Crippen LogP) is 2.29. The summed E-state index contributed by atoms with van der Waals surface area (Å²) in [6.45, 7) is 0.393. The van der Waals surface area contributed by atoms with Crippen molar-refractivity contribution in [3.8, 4) is 5.75 Å². The Kier molecular flexibility index (Phi) is 7.35. The third kappa shape index (κ3) is 5.42. The molecule has 0 radical (unpaired) electrons. The molecule has 2 rings (SSSR count). The van der Waals surface area contributed by atoms with Gasteiger partial charge in [-0.3, -0.25) is 24.5 Å². The number of rotatable bonds is 9. The maximum atomic E-state index is 12.4. The zero-order chi connectivity index (χ0) is 18.9. The van der Waals surface area contributed by atoms with E-state index in [1.807, 2.05) is 24.3 Å². The van der Waals surface area contributed by atoms with Gasteiger partial charge in [0.2, 0.25) is 11.8 Å².